The molecular formula is C20H20N2O3S. The SMILES string of the molecule is CCCOC(=O)c1cccc(NC(=O)CSCc2ccc(C#N)cc2)c1. The Morgan fingerprint density at radius 3 is 2.65 bits per heavy atom. The Morgan fingerprint density at radius 2 is 1.96 bits per heavy atom. The Labute approximate surface area is 157 Å². The van der Waals surface area contributed by atoms with Crippen molar-refractivity contribution in [1.82, 2.24) is 0 Å². The van der Waals surface area contributed by atoms with Gasteiger partial charge in [-0.1, -0.05) is 25.1 Å². The fourth-order valence-electron chi connectivity index (χ4n) is 2.14. The summed E-state index contributed by atoms with van der Waals surface area (Å²) in [5, 5.41) is 11.6. The van der Waals surface area contributed by atoms with Crippen molar-refractivity contribution in [3.05, 3.63) is 65.2 Å². The minimum atomic E-state index is -0.391. The standard InChI is InChI=1S/C20H20N2O3S/c1-2-10-25-20(24)17-4-3-5-18(11-17)22-19(23)14-26-13-16-8-6-15(12-21)7-9-16/h3-9,11H,2,10,13-14H2,1H3,(H,22,23). The monoisotopic (exact) mass is 368 g/mol. The lowest BCUT2D eigenvalue weighted by Gasteiger charge is -2.08. The van der Waals surface area contributed by atoms with Gasteiger partial charge in [-0.15, -0.1) is 11.8 Å². The van der Waals surface area contributed by atoms with Gasteiger partial charge in [-0.05, 0) is 42.3 Å². The molecule has 0 unspecified atom stereocenters. The van der Waals surface area contributed by atoms with E-state index in [2.05, 4.69) is 11.4 Å². The molecule has 134 valence electrons. The fourth-order valence-corrected chi connectivity index (χ4v) is 2.92. The van der Waals surface area contributed by atoms with Gasteiger partial charge in [-0.2, -0.15) is 5.26 Å². The first-order chi connectivity index (χ1) is 12.6. The summed E-state index contributed by atoms with van der Waals surface area (Å²) in [7, 11) is 0. The molecule has 1 amide bonds. The van der Waals surface area contributed by atoms with E-state index in [9.17, 15) is 9.59 Å². The van der Waals surface area contributed by atoms with Crippen molar-refractivity contribution < 1.29 is 14.3 Å². The maximum absolute atomic E-state index is 12.1. The molecular weight excluding hydrogens is 348 g/mol. The minimum absolute atomic E-state index is 0.136. The third-order valence-corrected chi connectivity index (χ3v) is 4.41. The van der Waals surface area contributed by atoms with Gasteiger partial charge in [-0.25, -0.2) is 4.79 Å². The molecule has 0 radical (unpaired) electrons. The van der Waals surface area contributed by atoms with Gasteiger partial charge in [0.1, 0.15) is 0 Å². The van der Waals surface area contributed by atoms with Crippen molar-refractivity contribution >= 4 is 29.3 Å². The predicted octanol–water partition coefficient (Wildman–Crippen LogP) is 4.00. The number of anilines is 1. The molecule has 0 atom stereocenters. The van der Waals surface area contributed by atoms with Gasteiger partial charge in [0.15, 0.2) is 0 Å². The third kappa shape index (κ3) is 6.26. The number of ether oxygens (including phenoxy) is 1. The molecule has 5 nitrogen and oxygen atoms in total. The first-order valence-corrected chi connectivity index (χ1v) is 9.41. The lowest BCUT2D eigenvalue weighted by atomic mass is 10.2. The lowest BCUT2D eigenvalue weighted by Crippen LogP contribution is -2.15. The minimum Gasteiger partial charge on any atom is -0.462 e. The summed E-state index contributed by atoms with van der Waals surface area (Å²) in [5.74, 6) is 0.452. The predicted molar refractivity (Wildman–Crippen MR) is 103 cm³/mol. The van der Waals surface area contributed by atoms with Crippen LogP contribution in [0, 0.1) is 11.3 Å². The zero-order valence-electron chi connectivity index (χ0n) is 14.5. The van der Waals surface area contributed by atoms with Gasteiger partial charge < -0.3 is 10.1 Å². The van der Waals surface area contributed by atoms with E-state index in [-0.39, 0.29) is 5.91 Å². The van der Waals surface area contributed by atoms with Crippen LogP contribution in [0.3, 0.4) is 0 Å². The highest BCUT2D eigenvalue weighted by atomic mass is 32.2. The highest BCUT2D eigenvalue weighted by Gasteiger charge is 2.09. The Bertz CT molecular complexity index is 797. The number of esters is 1. The van der Waals surface area contributed by atoms with Crippen LogP contribution in [0.4, 0.5) is 5.69 Å². The van der Waals surface area contributed by atoms with Gasteiger partial charge >= 0.3 is 5.97 Å². The summed E-state index contributed by atoms with van der Waals surface area (Å²) < 4.78 is 5.09. The Kier molecular flexibility index (Phi) is 7.72. The maximum Gasteiger partial charge on any atom is 0.338 e. The molecule has 0 aliphatic rings. The van der Waals surface area contributed by atoms with Crippen LogP contribution in [0.1, 0.15) is 34.8 Å². The van der Waals surface area contributed by atoms with E-state index in [4.69, 9.17) is 10.00 Å². The number of carbonyl (C=O) groups excluding carboxylic acids is 2. The smallest absolute Gasteiger partial charge is 0.338 e. The molecule has 0 heterocycles. The van der Waals surface area contributed by atoms with Gasteiger partial charge in [0.05, 0.1) is 29.6 Å². The van der Waals surface area contributed by atoms with Crippen LogP contribution >= 0.6 is 11.8 Å². The number of rotatable bonds is 8. The Hall–Kier alpha value is -2.78. The van der Waals surface area contributed by atoms with Crippen molar-refractivity contribution in [2.75, 3.05) is 17.7 Å². The summed E-state index contributed by atoms with van der Waals surface area (Å²) in [5.41, 5.74) is 2.66. The van der Waals surface area contributed by atoms with E-state index in [1.54, 1.807) is 36.4 Å². The average Bonchev–Trinajstić information content (AvgIpc) is 2.66. The second kappa shape index (κ2) is 10.3. The van der Waals surface area contributed by atoms with Crippen LogP contribution in [0.15, 0.2) is 48.5 Å². The zero-order valence-corrected chi connectivity index (χ0v) is 15.3. The fraction of sp³-hybridized carbons (Fsp3) is 0.250. The summed E-state index contributed by atoms with van der Waals surface area (Å²) >= 11 is 1.48. The molecule has 0 aromatic heterocycles. The van der Waals surface area contributed by atoms with E-state index >= 15 is 0 Å². The van der Waals surface area contributed by atoms with Gasteiger partial charge in [0.25, 0.3) is 0 Å². The van der Waals surface area contributed by atoms with Gasteiger partial charge in [0, 0.05) is 11.4 Å². The highest BCUT2D eigenvalue weighted by Crippen LogP contribution is 2.15. The van der Waals surface area contributed by atoms with Crippen LogP contribution in [0.5, 0.6) is 0 Å². The second-order valence-corrected chi connectivity index (χ2v) is 6.55. The lowest BCUT2D eigenvalue weighted by molar-refractivity contribution is -0.113. The Balaban J connectivity index is 1.81. The van der Waals surface area contributed by atoms with Crippen LogP contribution in [0.2, 0.25) is 0 Å². The van der Waals surface area contributed by atoms with Crippen molar-refractivity contribution in [3.63, 3.8) is 0 Å². The van der Waals surface area contributed by atoms with Crippen molar-refractivity contribution in [1.29, 1.82) is 5.26 Å². The van der Waals surface area contributed by atoms with Crippen LogP contribution in [-0.2, 0) is 15.3 Å². The van der Waals surface area contributed by atoms with Crippen LogP contribution in [0.25, 0.3) is 0 Å². The zero-order chi connectivity index (χ0) is 18.8. The highest BCUT2D eigenvalue weighted by molar-refractivity contribution is 7.99. The van der Waals surface area contributed by atoms with Crippen molar-refractivity contribution in [2.45, 2.75) is 19.1 Å². The molecule has 0 aliphatic heterocycles. The normalized spacial score (nSPS) is 10.0. The number of thioether (sulfide) groups is 1. The number of nitrogens with one attached hydrogen (secondary N) is 1. The van der Waals surface area contributed by atoms with Crippen molar-refractivity contribution in [2.24, 2.45) is 0 Å². The summed E-state index contributed by atoms with van der Waals surface area (Å²) in [4.78, 5) is 23.9. The first-order valence-electron chi connectivity index (χ1n) is 8.26. The number of nitriles is 1. The van der Waals surface area contributed by atoms with Crippen LogP contribution < -0.4 is 5.32 Å². The molecule has 2 aromatic rings. The van der Waals surface area contributed by atoms with E-state index in [1.807, 2.05) is 19.1 Å². The summed E-state index contributed by atoms with van der Waals surface area (Å²) in [6, 6.07) is 16.1. The topological polar surface area (TPSA) is 79.2 Å². The quantitative estimate of drug-likeness (QED) is 0.713. The molecule has 0 saturated carbocycles. The molecule has 1 N–H and O–H groups in total. The molecule has 2 rings (SSSR count). The molecule has 0 spiro atoms. The molecule has 0 bridgehead atoms. The maximum atomic E-state index is 12.1. The van der Waals surface area contributed by atoms with Crippen LogP contribution in [-0.4, -0.2) is 24.2 Å². The molecule has 0 fully saturated rings. The van der Waals surface area contributed by atoms with Crippen molar-refractivity contribution in [3.8, 4) is 6.07 Å². The number of carbonyl (C=O) groups is 2. The molecule has 0 saturated heterocycles. The Morgan fingerprint density at radius 1 is 1.19 bits per heavy atom. The van der Waals surface area contributed by atoms with E-state index in [1.165, 1.54) is 11.8 Å². The number of hydrogen-bond acceptors (Lipinski definition) is 5. The molecule has 0 aliphatic carbocycles. The number of nitrogens with zero attached hydrogens (tertiary/aromatic N) is 1. The number of amides is 1. The van der Waals surface area contributed by atoms with Gasteiger partial charge in [0.2, 0.25) is 5.91 Å². The molecule has 6 heteroatoms. The van der Waals surface area contributed by atoms with E-state index in [0.717, 1.165) is 12.0 Å². The summed E-state index contributed by atoms with van der Waals surface area (Å²) in [6.45, 7) is 2.31. The largest absolute Gasteiger partial charge is 0.462 e. The average molecular weight is 368 g/mol. The number of hydrogen-bond donors (Lipinski definition) is 1. The van der Waals surface area contributed by atoms with E-state index in [0.29, 0.717) is 34.9 Å². The van der Waals surface area contributed by atoms with E-state index < -0.39 is 5.97 Å². The first kappa shape index (κ1) is 19.5. The molecule has 2 aromatic carbocycles. The van der Waals surface area contributed by atoms with Gasteiger partial charge in [-0.3, -0.25) is 4.79 Å². The third-order valence-electron chi connectivity index (χ3n) is 3.40. The molecule has 26 heavy (non-hydrogen) atoms. The summed E-state index contributed by atoms with van der Waals surface area (Å²) in [6.07, 6.45) is 0.763. The number of benzene rings is 2. The second-order valence-electron chi connectivity index (χ2n) is 5.57.